The highest BCUT2D eigenvalue weighted by Crippen LogP contribution is 2.29. The Kier molecular flexibility index (Phi) is 19.0. The highest BCUT2D eigenvalue weighted by molar-refractivity contribution is 5.89. The highest BCUT2D eigenvalue weighted by Gasteiger charge is 2.13. The number of hydrogen-bond acceptors (Lipinski definition) is 13. The van der Waals surface area contributed by atoms with Crippen molar-refractivity contribution in [2.45, 2.75) is 0 Å². The quantitative estimate of drug-likeness (QED) is 0.477. The van der Waals surface area contributed by atoms with Gasteiger partial charge in [0.25, 0.3) is 0 Å². The Morgan fingerprint density at radius 2 is 0.596 bits per heavy atom. The molecule has 0 aromatic heterocycles. The topological polar surface area (TPSA) is 176 Å². The monoisotopic (exact) mass is 668 g/mol. The Morgan fingerprint density at radius 1 is 0.362 bits per heavy atom. The molecular weight excluding hydrogens is 624 g/mol. The van der Waals surface area contributed by atoms with E-state index in [0.717, 1.165) is 0 Å². The molecule has 2 aliphatic rings. The Bertz CT molecular complexity index is 1180. The second-order valence-electron chi connectivity index (χ2n) is 9.61. The minimum Gasteiger partial charge on any atom is -0.487 e. The zero-order chi connectivity index (χ0) is 33.4. The molecule has 0 atom stereocenters. The lowest BCUT2D eigenvalue weighted by molar-refractivity contribution is -0.00842. The summed E-state index contributed by atoms with van der Waals surface area (Å²) in [6, 6.07) is 8.99. The van der Waals surface area contributed by atoms with E-state index < -0.39 is 11.9 Å². The summed E-state index contributed by atoms with van der Waals surface area (Å²) in [6.07, 6.45) is 0. The van der Waals surface area contributed by atoms with Gasteiger partial charge in [-0.1, -0.05) is 0 Å². The number of carboxylic acid groups (broad SMARTS) is 2. The molecule has 0 radical (unpaired) electrons. The Hall–Kier alpha value is -3.70. The lowest BCUT2D eigenvalue weighted by atomic mass is 10.2. The first-order valence-electron chi connectivity index (χ1n) is 15.3. The number of aromatic carboxylic acids is 2. The molecule has 15 heteroatoms. The first kappa shape index (κ1) is 37.8. The maximum atomic E-state index is 11.1. The second-order valence-corrected chi connectivity index (χ2v) is 9.61. The second kappa shape index (κ2) is 23.6. The molecule has 0 saturated carbocycles. The normalized spacial score (nSPS) is 18.4. The summed E-state index contributed by atoms with van der Waals surface area (Å²) >= 11 is 0. The van der Waals surface area contributed by atoms with Crippen LogP contribution < -0.4 is 18.9 Å². The van der Waals surface area contributed by atoms with E-state index in [9.17, 15) is 9.59 Å². The van der Waals surface area contributed by atoms with Gasteiger partial charge in [-0.2, -0.15) is 0 Å². The summed E-state index contributed by atoms with van der Waals surface area (Å²) in [5.41, 5.74) is 0.276. The van der Waals surface area contributed by atoms with E-state index in [2.05, 4.69) is 0 Å². The maximum absolute atomic E-state index is 11.1. The molecule has 4 rings (SSSR count). The number of ether oxygens (including phenoxy) is 11. The predicted octanol–water partition coefficient (Wildman–Crippen LogP) is 2.43. The van der Waals surface area contributed by atoms with Gasteiger partial charge in [-0.15, -0.1) is 0 Å². The molecule has 0 saturated heterocycles. The van der Waals surface area contributed by atoms with Crippen LogP contribution in [0.4, 0.5) is 0 Å². The number of carboxylic acids is 2. The smallest absolute Gasteiger partial charge is 0.335 e. The van der Waals surface area contributed by atoms with Crippen molar-refractivity contribution < 1.29 is 71.9 Å². The number of rotatable bonds is 2. The Labute approximate surface area is 273 Å². The van der Waals surface area contributed by atoms with Gasteiger partial charge in [-0.3, -0.25) is 0 Å². The standard InChI is InChI=1S/C17H24O8.C15H20O7/c18-17(19)14-1-2-15-16(13-14)25-12-10-23-8-6-21-4-3-20-5-7-22-9-11-24-15;16-15(17)12-1-2-13-14(11-12)22-10-8-20-6-4-18-3-5-19-7-9-21-13/h1-2,13H,3-12H2,(H,18,19);1-2,11H,3-10H2,(H,16,17). The van der Waals surface area contributed by atoms with Crippen LogP contribution in [0.3, 0.4) is 0 Å². The van der Waals surface area contributed by atoms with Crippen molar-refractivity contribution in [1.82, 2.24) is 0 Å². The van der Waals surface area contributed by atoms with E-state index in [0.29, 0.717) is 135 Å². The molecule has 2 aromatic rings. The fourth-order valence-electron chi connectivity index (χ4n) is 3.89. The Morgan fingerprint density at radius 3 is 0.851 bits per heavy atom. The summed E-state index contributed by atoms with van der Waals surface area (Å²) in [4.78, 5) is 22.1. The number of carbonyl (C=O) groups is 2. The van der Waals surface area contributed by atoms with Gasteiger partial charge in [0.1, 0.15) is 26.4 Å². The molecule has 2 N–H and O–H groups in total. The minimum absolute atomic E-state index is 0.132. The lowest BCUT2D eigenvalue weighted by Gasteiger charge is -2.14. The first-order chi connectivity index (χ1) is 23.0. The van der Waals surface area contributed by atoms with Crippen molar-refractivity contribution in [2.24, 2.45) is 0 Å². The number of fused-ring (bicyclic) bond motifs is 2. The highest BCUT2D eigenvalue weighted by atomic mass is 16.6. The molecule has 0 bridgehead atoms. The van der Waals surface area contributed by atoms with Crippen LogP contribution in [0.2, 0.25) is 0 Å². The first-order valence-corrected chi connectivity index (χ1v) is 15.3. The summed E-state index contributed by atoms with van der Waals surface area (Å²) in [5.74, 6) is -0.338. The van der Waals surface area contributed by atoms with Gasteiger partial charge in [0, 0.05) is 0 Å². The van der Waals surface area contributed by atoms with Crippen LogP contribution in [-0.4, -0.2) is 141 Å². The maximum Gasteiger partial charge on any atom is 0.335 e. The van der Waals surface area contributed by atoms with Crippen molar-refractivity contribution in [2.75, 3.05) is 119 Å². The molecule has 2 aromatic carbocycles. The average Bonchev–Trinajstić information content (AvgIpc) is 3.07. The summed E-state index contributed by atoms with van der Waals surface area (Å²) < 4.78 is 59.9. The third kappa shape index (κ3) is 16.1. The van der Waals surface area contributed by atoms with E-state index in [4.69, 9.17) is 62.3 Å². The van der Waals surface area contributed by atoms with Crippen LogP contribution in [0.25, 0.3) is 0 Å². The van der Waals surface area contributed by atoms with Crippen molar-refractivity contribution in [3.05, 3.63) is 47.5 Å². The molecule has 0 unspecified atom stereocenters. The Balaban J connectivity index is 0.000000257. The molecule has 47 heavy (non-hydrogen) atoms. The van der Waals surface area contributed by atoms with Crippen LogP contribution in [0, 0.1) is 0 Å². The summed E-state index contributed by atoms with van der Waals surface area (Å²) in [7, 11) is 0. The van der Waals surface area contributed by atoms with E-state index in [1.807, 2.05) is 0 Å². The molecule has 0 spiro atoms. The van der Waals surface area contributed by atoms with Gasteiger partial charge in [-0.25, -0.2) is 9.59 Å². The van der Waals surface area contributed by atoms with Gasteiger partial charge in [0.2, 0.25) is 0 Å². The fraction of sp³-hybridized carbons (Fsp3) is 0.562. The van der Waals surface area contributed by atoms with Gasteiger partial charge in [-0.05, 0) is 36.4 Å². The van der Waals surface area contributed by atoms with Crippen LogP contribution >= 0.6 is 0 Å². The third-order valence-electron chi connectivity index (χ3n) is 6.18. The zero-order valence-electron chi connectivity index (χ0n) is 26.4. The van der Waals surface area contributed by atoms with Crippen molar-refractivity contribution in [1.29, 1.82) is 0 Å². The van der Waals surface area contributed by atoms with E-state index in [1.54, 1.807) is 12.1 Å². The van der Waals surface area contributed by atoms with Crippen LogP contribution in [0.1, 0.15) is 20.7 Å². The molecule has 262 valence electrons. The molecule has 2 heterocycles. The number of benzene rings is 2. The van der Waals surface area contributed by atoms with Crippen molar-refractivity contribution in [3.63, 3.8) is 0 Å². The average molecular weight is 669 g/mol. The number of hydrogen-bond donors (Lipinski definition) is 2. The van der Waals surface area contributed by atoms with Gasteiger partial charge >= 0.3 is 11.9 Å². The largest absolute Gasteiger partial charge is 0.487 e. The van der Waals surface area contributed by atoms with Gasteiger partial charge in [0.15, 0.2) is 23.0 Å². The van der Waals surface area contributed by atoms with Crippen LogP contribution in [0.15, 0.2) is 36.4 Å². The van der Waals surface area contributed by atoms with Gasteiger partial charge < -0.3 is 62.3 Å². The zero-order valence-corrected chi connectivity index (χ0v) is 26.4. The van der Waals surface area contributed by atoms with Crippen LogP contribution in [0.5, 0.6) is 23.0 Å². The predicted molar refractivity (Wildman–Crippen MR) is 165 cm³/mol. The fourth-order valence-corrected chi connectivity index (χ4v) is 3.89. The molecule has 0 fully saturated rings. The summed E-state index contributed by atoms with van der Waals surface area (Å²) in [6.45, 7) is 7.68. The van der Waals surface area contributed by atoms with Crippen molar-refractivity contribution >= 4 is 11.9 Å². The molecule has 0 amide bonds. The van der Waals surface area contributed by atoms with E-state index >= 15 is 0 Å². The summed E-state index contributed by atoms with van der Waals surface area (Å²) in [5, 5.41) is 18.1. The van der Waals surface area contributed by atoms with Crippen LogP contribution in [-0.2, 0) is 33.2 Å². The van der Waals surface area contributed by atoms with Crippen molar-refractivity contribution in [3.8, 4) is 23.0 Å². The lowest BCUT2D eigenvalue weighted by Crippen LogP contribution is -2.16. The van der Waals surface area contributed by atoms with E-state index in [1.165, 1.54) is 24.3 Å². The molecule has 0 aliphatic carbocycles. The van der Waals surface area contributed by atoms with Gasteiger partial charge in [0.05, 0.1) is 104 Å². The SMILES string of the molecule is O=C(O)c1ccc2c(c1)OCCOCCOCCOCCO2.O=C(O)c1ccc2c(c1)OCCOCCOCCOCCOCCO2. The molecular formula is C32H44O15. The third-order valence-corrected chi connectivity index (χ3v) is 6.18. The minimum atomic E-state index is -1.03. The van der Waals surface area contributed by atoms with E-state index in [-0.39, 0.29) is 17.7 Å². The molecule has 15 nitrogen and oxygen atoms in total. The molecule has 2 aliphatic heterocycles.